The summed E-state index contributed by atoms with van der Waals surface area (Å²) in [6.07, 6.45) is 2.25. The quantitative estimate of drug-likeness (QED) is 0.625. The minimum atomic E-state index is 0.618. The van der Waals surface area contributed by atoms with Crippen molar-refractivity contribution in [1.82, 2.24) is 9.47 Å². The van der Waals surface area contributed by atoms with Gasteiger partial charge in [-0.15, -0.1) is 0 Å². The molecule has 26 heavy (non-hydrogen) atoms. The van der Waals surface area contributed by atoms with Crippen molar-refractivity contribution < 1.29 is 0 Å². The van der Waals surface area contributed by atoms with Gasteiger partial charge in [0.15, 0.2) is 0 Å². The maximum atomic E-state index is 2.64. The Morgan fingerprint density at radius 1 is 1.00 bits per heavy atom. The highest BCUT2D eigenvalue weighted by molar-refractivity contribution is 5.91. The van der Waals surface area contributed by atoms with E-state index in [2.05, 4.69) is 79.6 Å². The van der Waals surface area contributed by atoms with E-state index in [4.69, 9.17) is 0 Å². The maximum Gasteiger partial charge on any atom is 0.0518 e. The molecule has 1 aliphatic rings. The van der Waals surface area contributed by atoms with Crippen LogP contribution < -0.4 is 0 Å². The van der Waals surface area contributed by atoms with Gasteiger partial charge in [-0.2, -0.15) is 0 Å². The fraction of sp³-hybridized carbons (Fsp3) is 0.417. The van der Waals surface area contributed by atoms with Gasteiger partial charge < -0.3 is 4.57 Å². The van der Waals surface area contributed by atoms with E-state index in [0.29, 0.717) is 6.04 Å². The highest BCUT2D eigenvalue weighted by atomic mass is 15.2. The zero-order valence-corrected chi connectivity index (χ0v) is 16.5. The Kier molecular flexibility index (Phi) is 4.62. The molecule has 1 aliphatic heterocycles. The van der Waals surface area contributed by atoms with Crippen molar-refractivity contribution in [3.8, 4) is 0 Å². The summed E-state index contributed by atoms with van der Waals surface area (Å²) in [6, 6.07) is 16.1. The predicted octanol–water partition coefficient (Wildman–Crippen LogP) is 5.27. The summed E-state index contributed by atoms with van der Waals surface area (Å²) in [4.78, 5) is 2.62. The van der Waals surface area contributed by atoms with Crippen LogP contribution >= 0.6 is 0 Å². The molecule has 136 valence electrons. The molecule has 0 spiro atoms. The number of hydrogen-bond donors (Lipinski definition) is 0. The Hall–Kier alpha value is -2.06. The molecule has 0 radical (unpaired) electrons. The molecule has 0 fully saturated rings. The number of rotatable bonds is 4. The van der Waals surface area contributed by atoms with E-state index < -0.39 is 0 Å². The molecule has 0 N–H and O–H groups in total. The first-order valence-electron chi connectivity index (χ1n) is 9.98. The number of nitrogens with zero attached hydrogens (tertiary/aromatic N) is 2. The Balaban J connectivity index is 1.84. The highest BCUT2D eigenvalue weighted by Gasteiger charge is 2.28. The molecule has 3 aromatic rings. The third-order valence-corrected chi connectivity index (χ3v) is 6.18. The van der Waals surface area contributed by atoms with Crippen molar-refractivity contribution in [3.05, 3.63) is 70.4 Å². The van der Waals surface area contributed by atoms with Crippen molar-refractivity contribution in [2.24, 2.45) is 0 Å². The molecule has 0 amide bonds. The van der Waals surface area contributed by atoms with Crippen molar-refractivity contribution >= 4 is 10.9 Å². The van der Waals surface area contributed by atoms with Crippen LogP contribution in [0.3, 0.4) is 0 Å². The minimum Gasteiger partial charge on any atom is -0.344 e. The van der Waals surface area contributed by atoms with Crippen molar-refractivity contribution in [3.63, 3.8) is 0 Å². The maximum absolute atomic E-state index is 2.64. The van der Waals surface area contributed by atoms with Crippen molar-refractivity contribution in [2.75, 3.05) is 6.54 Å². The first kappa shape index (κ1) is 17.4. The van der Waals surface area contributed by atoms with Crippen LogP contribution in [0, 0.1) is 13.8 Å². The lowest BCUT2D eigenvalue weighted by Gasteiger charge is -2.33. The first-order valence-corrected chi connectivity index (χ1v) is 9.98. The third kappa shape index (κ3) is 2.87. The Morgan fingerprint density at radius 2 is 1.73 bits per heavy atom. The molecule has 0 bridgehead atoms. The summed E-state index contributed by atoms with van der Waals surface area (Å²) in [5, 5.41) is 1.51. The predicted molar refractivity (Wildman–Crippen MR) is 111 cm³/mol. The fourth-order valence-electron chi connectivity index (χ4n) is 4.69. The van der Waals surface area contributed by atoms with Crippen LogP contribution in [0.5, 0.6) is 0 Å². The molecule has 2 aromatic carbocycles. The molecular weight excluding hydrogens is 316 g/mol. The molecular formula is C24H30N2. The van der Waals surface area contributed by atoms with Gasteiger partial charge in [0, 0.05) is 36.6 Å². The van der Waals surface area contributed by atoms with Crippen molar-refractivity contribution in [1.29, 1.82) is 0 Å². The molecule has 1 unspecified atom stereocenters. The SMILES string of the molecule is CCN1Cc2c(n(CCc3ccccc3)c3c(C)ccc(C)c23)CC1C. The number of hydrogen-bond acceptors (Lipinski definition) is 1. The summed E-state index contributed by atoms with van der Waals surface area (Å²) in [7, 11) is 0. The summed E-state index contributed by atoms with van der Waals surface area (Å²) in [5.41, 5.74) is 8.87. The third-order valence-electron chi connectivity index (χ3n) is 6.18. The molecule has 1 atom stereocenters. The van der Waals surface area contributed by atoms with Crippen LogP contribution in [0.4, 0.5) is 0 Å². The Morgan fingerprint density at radius 3 is 2.46 bits per heavy atom. The standard InChI is InChI=1S/C24H30N2/c1-5-25-16-21-22(15-19(25)4)26(14-13-20-9-7-6-8-10-20)24-18(3)12-11-17(2)23(21)24/h6-12,19H,5,13-16H2,1-4H3. The van der Waals surface area contributed by atoms with E-state index in [1.54, 1.807) is 11.3 Å². The van der Waals surface area contributed by atoms with Gasteiger partial charge in [0.05, 0.1) is 5.52 Å². The Labute approximate surface area is 157 Å². The average molecular weight is 347 g/mol. The van der Waals surface area contributed by atoms with Crippen LogP contribution in [0.25, 0.3) is 10.9 Å². The highest BCUT2D eigenvalue weighted by Crippen LogP contribution is 2.36. The molecule has 2 nitrogen and oxygen atoms in total. The van der Waals surface area contributed by atoms with Gasteiger partial charge >= 0.3 is 0 Å². The molecule has 2 heterocycles. The second-order valence-corrected chi connectivity index (χ2v) is 7.85. The zero-order valence-electron chi connectivity index (χ0n) is 16.5. The minimum absolute atomic E-state index is 0.618. The number of likely N-dealkylation sites (N-methyl/N-ethyl adjacent to an activating group) is 1. The first-order chi connectivity index (χ1) is 12.6. The summed E-state index contributed by atoms with van der Waals surface area (Å²) in [6.45, 7) is 12.5. The van der Waals surface area contributed by atoms with Gasteiger partial charge in [-0.25, -0.2) is 0 Å². The molecule has 4 rings (SSSR count). The number of benzene rings is 2. The van der Waals surface area contributed by atoms with E-state index in [0.717, 1.165) is 32.5 Å². The molecule has 1 aromatic heterocycles. The van der Waals surface area contributed by atoms with Crippen LogP contribution in [0.15, 0.2) is 42.5 Å². The van der Waals surface area contributed by atoms with Gasteiger partial charge in [-0.1, -0.05) is 49.4 Å². The summed E-state index contributed by atoms with van der Waals surface area (Å²) in [5.74, 6) is 0. The largest absolute Gasteiger partial charge is 0.344 e. The second-order valence-electron chi connectivity index (χ2n) is 7.85. The summed E-state index contributed by atoms with van der Waals surface area (Å²) < 4.78 is 2.64. The van der Waals surface area contributed by atoms with Crippen LogP contribution in [-0.4, -0.2) is 22.1 Å². The normalized spacial score (nSPS) is 17.6. The fourth-order valence-corrected chi connectivity index (χ4v) is 4.69. The van der Waals surface area contributed by atoms with E-state index in [9.17, 15) is 0 Å². The smallest absolute Gasteiger partial charge is 0.0518 e. The molecule has 0 saturated heterocycles. The van der Waals surface area contributed by atoms with E-state index in [1.165, 1.54) is 27.6 Å². The molecule has 2 heteroatoms. The second kappa shape index (κ2) is 6.92. The van der Waals surface area contributed by atoms with Gasteiger partial charge in [0.1, 0.15) is 0 Å². The van der Waals surface area contributed by atoms with Crippen LogP contribution in [-0.2, 0) is 25.9 Å². The lowest BCUT2D eigenvalue weighted by atomic mass is 9.97. The number of aromatic nitrogens is 1. The van der Waals surface area contributed by atoms with Gasteiger partial charge in [0.2, 0.25) is 0 Å². The average Bonchev–Trinajstić information content (AvgIpc) is 2.97. The molecule has 0 aliphatic carbocycles. The zero-order chi connectivity index (χ0) is 18.3. The Bertz CT molecular complexity index is 921. The topological polar surface area (TPSA) is 8.17 Å². The van der Waals surface area contributed by atoms with Crippen LogP contribution in [0.1, 0.15) is 41.8 Å². The number of fused-ring (bicyclic) bond motifs is 3. The van der Waals surface area contributed by atoms with Crippen molar-refractivity contribution in [2.45, 2.75) is 59.7 Å². The van der Waals surface area contributed by atoms with Gasteiger partial charge in [0.25, 0.3) is 0 Å². The van der Waals surface area contributed by atoms with E-state index in [-0.39, 0.29) is 0 Å². The summed E-state index contributed by atoms with van der Waals surface area (Å²) >= 11 is 0. The number of aryl methyl sites for hydroxylation is 4. The van der Waals surface area contributed by atoms with Crippen LogP contribution in [0.2, 0.25) is 0 Å². The molecule has 0 saturated carbocycles. The lowest BCUT2D eigenvalue weighted by molar-refractivity contribution is 0.192. The van der Waals surface area contributed by atoms with E-state index >= 15 is 0 Å². The lowest BCUT2D eigenvalue weighted by Crippen LogP contribution is -2.38. The van der Waals surface area contributed by atoms with Gasteiger partial charge in [-0.05, 0) is 56.0 Å². The monoisotopic (exact) mass is 346 g/mol. The van der Waals surface area contributed by atoms with E-state index in [1.807, 2.05) is 0 Å². The van der Waals surface area contributed by atoms with Gasteiger partial charge in [-0.3, -0.25) is 4.90 Å².